The highest BCUT2D eigenvalue weighted by atomic mass is 32.1. The maximum atomic E-state index is 12.5. The number of nitrogens with zero attached hydrogens (tertiary/aromatic N) is 3. The number of aromatic nitrogens is 2. The van der Waals surface area contributed by atoms with Crippen LogP contribution < -0.4 is 20.1 Å². The van der Waals surface area contributed by atoms with Crippen LogP contribution in [0.1, 0.15) is 19.5 Å². The predicted octanol–water partition coefficient (Wildman–Crippen LogP) is 0.721. The van der Waals surface area contributed by atoms with Crippen molar-refractivity contribution in [2.75, 3.05) is 11.9 Å². The van der Waals surface area contributed by atoms with Crippen LogP contribution >= 0.6 is 11.3 Å². The van der Waals surface area contributed by atoms with Gasteiger partial charge in [0.15, 0.2) is 5.57 Å². The van der Waals surface area contributed by atoms with Crippen molar-refractivity contribution in [1.29, 1.82) is 5.26 Å². The highest BCUT2D eigenvalue weighted by molar-refractivity contribution is 7.07. The highest BCUT2D eigenvalue weighted by Gasteiger charge is 2.16. The molecule has 0 aliphatic carbocycles. The van der Waals surface area contributed by atoms with Gasteiger partial charge in [-0.2, -0.15) is 5.26 Å². The van der Waals surface area contributed by atoms with Crippen LogP contribution in [0, 0.1) is 18.3 Å². The van der Waals surface area contributed by atoms with Crippen LogP contribution in [0.5, 0.6) is 0 Å². The Morgan fingerprint density at radius 1 is 1.48 bits per heavy atom. The second-order valence-corrected chi connectivity index (χ2v) is 6.01. The molecule has 2 rings (SSSR count). The molecule has 1 N–H and O–H groups in total. The van der Waals surface area contributed by atoms with E-state index in [4.69, 9.17) is 4.74 Å². The average molecular weight is 358 g/mol. The standard InChI is InChI=1S/C17H18N4O3S/c1-4-21-15(22)13(10-19-14-8-6-7-11(3)20-14)25-16(21)12(9-18)17(23)24-5-2/h6-8,10H,4-5H2,1-3H3,(H,19,20)/b13-10+,16-12-. The third-order valence-corrected chi connectivity index (χ3v) is 4.40. The highest BCUT2D eigenvalue weighted by Crippen LogP contribution is 2.03. The van der Waals surface area contributed by atoms with Crippen LogP contribution in [-0.2, 0) is 16.1 Å². The molecule has 0 radical (unpaired) electrons. The molecule has 2 heterocycles. The zero-order chi connectivity index (χ0) is 18.4. The molecule has 2 aromatic rings. The number of carbonyl (C=O) groups excluding carboxylic acids is 1. The van der Waals surface area contributed by atoms with E-state index in [9.17, 15) is 14.9 Å². The molecule has 130 valence electrons. The van der Waals surface area contributed by atoms with Crippen molar-refractivity contribution in [3.63, 3.8) is 0 Å². The molecule has 7 nitrogen and oxygen atoms in total. The maximum Gasteiger partial charge on any atom is 0.351 e. The van der Waals surface area contributed by atoms with Crippen LogP contribution in [0.25, 0.3) is 11.8 Å². The fraction of sp³-hybridized carbons (Fsp3) is 0.294. The maximum absolute atomic E-state index is 12.5. The number of esters is 1. The van der Waals surface area contributed by atoms with E-state index in [2.05, 4.69) is 10.3 Å². The summed E-state index contributed by atoms with van der Waals surface area (Å²) in [6.07, 6.45) is 1.53. The third kappa shape index (κ3) is 4.14. The van der Waals surface area contributed by atoms with Crippen LogP contribution in [0.3, 0.4) is 0 Å². The van der Waals surface area contributed by atoms with E-state index in [1.165, 1.54) is 10.8 Å². The molecular formula is C17H18N4O3S. The van der Waals surface area contributed by atoms with Gasteiger partial charge >= 0.3 is 5.97 Å². The van der Waals surface area contributed by atoms with Crippen molar-refractivity contribution >= 4 is 34.9 Å². The van der Waals surface area contributed by atoms with Crippen molar-refractivity contribution in [2.24, 2.45) is 0 Å². The number of aryl methyl sites for hydroxylation is 1. The largest absolute Gasteiger partial charge is 0.462 e. The lowest BCUT2D eigenvalue weighted by atomic mass is 10.3. The minimum Gasteiger partial charge on any atom is -0.462 e. The molecule has 0 aromatic carbocycles. The Labute approximate surface area is 148 Å². The van der Waals surface area contributed by atoms with Gasteiger partial charge < -0.3 is 10.1 Å². The first-order valence-electron chi connectivity index (χ1n) is 7.73. The molecule has 0 atom stereocenters. The molecule has 0 fully saturated rings. The average Bonchev–Trinajstić information content (AvgIpc) is 2.89. The lowest BCUT2D eigenvalue weighted by Gasteiger charge is -2.00. The monoisotopic (exact) mass is 358 g/mol. The van der Waals surface area contributed by atoms with Crippen molar-refractivity contribution in [1.82, 2.24) is 9.55 Å². The van der Waals surface area contributed by atoms with Gasteiger partial charge in [0.25, 0.3) is 5.56 Å². The van der Waals surface area contributed by atoms with E-state index in [1.54, 1.807) is 19.9 Å². The van der Waals surface area contributed by atoms with Gasteiger partial charge in [0.05, 0.1) is 6.61 Å². The normalized spacial score (nSPS) is 12.5. The van der Waals surface area contributed by atoms with Crippen molar-refractivity contribution < 1.29 is 9.53 Å². The van der Waals surface area contributed by atoms with E-state index in [1.807, 2.05) is 25.1 Å². The fourth-order valence-electron chi connectivity index (χ4n) is 2.14. The molecule has 0 bridgehead atoms. The number of ether oxygens (including phenoxy) is 1. The summed E-state index contributed by atoms with van der Waals surface area (Å²) >= 11 is 1.07. The predicted molar refractivity (Wildman–Crippen MR) is 96.2 cm³/mol. The van der Waals surface area contributed by atoms with Crippen molar-refractivity contribution in [3.05, 3.63) is 43.4 Å². The van der Waals surface area contributed by atoms with Crippen LogP contribution in [0.15, 0.2) is 23.0 Å². The molecule has 0 aliphatic heterocycles. The molecule has 0 saturated carbocycles. The van der Waals surface area contributed by atoms with Gasteiger partial charge in [-0.1, -0.05) is 6.07 Å². The van der Waals surface area contributed by atoms with Gasteiger partial charge in [0.1, 0.15) is 21.1 Å². The summed E-state index contributed by atoms with van der Waals surface area (Å²) < 4.78 is 6.95. The Kier molecular flexibility index (Phi) is 6.08. The molecule has 0 aliphatic rings. The summed E-state index contributed by atoms with van der Waals surface area (Å²) in [7, 11) is 0. The van der Waals surface area contributed by atoms with Crippen LogP contribution in [0.4, 0.5) is 5.82 Å². The first-order valence-corrected chi connectivity index (χ1v) is 8.55. The zero-order valence-electron chi connectivity index (χ0n) is 14.2. The molecule has 2 aromatic heterocycles. The number of carbonyl (C=O) groups is 1. The van der Waals surface area contributed by atoms with Crippen LogP contribution in [0.2, 0.25) is 0 Å². The number of anilines is 1. The van der Waals surface area contributed by atoms with Gasteiger partial charge in [-0.05, 0) is 32.9 Å². The number of pyridine rings is 1. The number of nitriles is 1. The second-order valence-electron chi connectivity index (χ2n) is 4.98. The quantitative estimate of drug-likeness (QED) is 0.791. The summed E-state index contributed by atoms with van der Waals surface area (Å²) in [4.78, 5) is 28.8. The van der Waals surface area contributed by atoms with Gasteiger partial charge in [-0.25, -0.2) is 9.78 Å². The summed E-state index contributed by atoms with van der Waals surface area (Å²) in [6.45, 7) is 5.80. The Morgan fingerprint density at radius 3 is 2.84 bits per heavy atom. The number of hydrogen-bond acceptors (Lipinski definition) is 7. The minimum atomic E-state index is -0.728. The first kappa shape index (κ1) is 18.4. The summed E-state index contributed by atoms with van der Waals surface area (Å²) in [5.41, 5.74) is 0.400. The smallest absolute Gasteiger partial charge is 0.351 e. The fourth-order valence-corrected chi connectivity index (χ4v) is 3.22. The molecule has 0 spiro atoms. The number of nitrogens with one attached hydrogen (secondary N) is 1. The number of hydrogen-bond donors (Lipinski definition) is 1. The zero-order valence-corrected chi connectivity index (χ0v) is 15.0. The van der Waals surface area contributed by atoms with E-state index >= 15 is 0 Å². The molecule has 8 heteroatoms. The van der Waals surface area contributed by atoms with Gasteiger partial charge in [0.2, 0.25) is 0 Å². The molecule has 0 saturated heterocycles. The van der Waals surface area contributed by atoms with Gasteiger partial charge in [-0.3, -0.25) is 9.36 Å². The van der Waals surface area contributed by atoms with Crippen molar-refractivity contribution in [3.8, 4) is 6.07 Å². The minimum absolute atomic E-state index is 0.158. The molecule has 0 amide bonds. The third-order valence-electron chi connectivity index (χ3n) is 3.27. The van der Waals surface area contributed by atoms with Gasteiger partial charge in [0, 0.05) is 18.4 Å². The SMILES string of the molecule is CCOC(=O)/C(C#N)=c1\s/c(=C/Nc2cccc(C)n2)c(=O)n1CC. The van der Waals surface area contributed by atoms with Crippen molar-refractivity contribution in [2.45, 2.75) is 27.3 Å². The van der Waals surface area contributed by atoms with E-state index in [-0.39, 0.29) is 17.7 Å². The lowest BCUT2D eigenvalue weighted by molar-refractivity contribution is -0.136. The Morgan fingerprint density at radius 2 is 2.24 bits per heavy atom. The molecule has 25 heavy (non-hydrogen) atoms. The Hall–Kier alpha value is -2.92. The number of rotatable bonds is 5. The Balaban J connectivity index is 2.58. The molecular weight excluding hydrogens is 340 g/mol. The summed E-state index contributed by atoms with van der Waals surface area (Å²) in [5.74, 6) is -0.124. The van der Waals surface area contributed by atoms with Crippen LogP contribution in [-0.4, -0.2) is 22.1 Å². The molecule has 0 unspecified atom stereocenters. The van der Waals surface area contributed by atoms with Gasteiger partial charge in [-0.15, -0.1) is 11.3 Å². The Bertz CT molecular complexity index is 998. The number of thiazole rings is 1. The van der Waals surface area contributed by atoms with E-state index in [0.717, 1.165) is 17.0 Å². The second kappa shape index (κ2) is 8.26. The topological polar surface area (TPSA) is 97.0 Å². The van der Waals surface area contributed by atoms with E-state index in [0.29, 0.717) is 21.6 Å². The summed E-state index contributed by atoms with van der Waals surface area (Å²) in [6, 6.07) is 7.34. The first-order chi connectivity index (χ1) is 12.0. The van der Waals surface area contributed by atoms with E-state index < -0.39 is 5.97 Å². The lowest BCUT2D eigenvalue weighted by Crippen LogP contribution is -2.32. The summed E-state index contributed by atoms with van der Waals surface area (Å²) in [5, 5.41) is 12.3.